The molecule has 0 spiro atoms. The van der Waals surface area contributed by atoms with Crippen molar-refractivity contribution in [3.8, 4) is 0 Å². The number of rotatable bonds is 7. The number of nitrogens with one attached hydrogen (secondary N) is 1. The van der Waals surface area contributed by atoms with E-state index < -0.39 is 0 Å². The number of guanidine groups is 1. The third kappa shape index (κ3) is 7.34. The highest BCUT2D eigenvalue weighted by atomic mass is 127. The molecule has 1 saturated carbocycles. The van der Waals surface area contributed by atoms with Gasteiger partial charge in [0.15, 0.2) is 5.96 Å². The molecule has 4 nitrogen and oxygen atoms in total. The molecular weight excluding hydrogens is 420 g/mol. The molecule has 1 aromatic rings. The van der Waals surface area contributed by atoms with Crippen LogP contribution in [0, 0.1) is 5.82 Å². The fourth-order valence-corrected chi connectivity index (χ4v) is 2.95. The third-order valence-corrected chi connectivity index (χ3v) is 4.14. The maximum atomic E-state index is 13.2. The Morgan fingerprint density at radius 1 is 1.38 bits per heavy atom. The van der Waals surface area contributed by atoms with Crippen molar-refractivity contribution in [2.45, 2.75) is 44.8 Å². The maximum Gasteiger partial charge on any atom is 0.193 e. The predicted molar refractivity (Wildman–Crippen MR) is 107 cm³/mol. The monoisotopic (exact) mass is 449 g/mol. The second-order valence-electron chi connectivity index (χ2n) is 6.09. The van der Waals surface area contributed by atoms with Crippen molar-refractivity contribution >= 4 is 29.9 Å². The normalized spacial score (nSPS) is 15.2. The fourth-order valence-electron chi connectivity index (χ4n) is 2.95. The minimum atomic E-state index is -0.206. The topological polar surface area (TPSA) is 36.9 Å². The van der Waals surface area contributed by atoms with Gasteiger partial charge in [-0.05, 0) is 37.0 Å². The smallest absolute Gasteiger partial charge is 0.193 e. The van der Waals surface area contributed by atoms with Gasteiger partial charge in [0.1, 0.15) is 5.82 Å². The van der Waals surface area contributed by atoms with Gasteiger partial charge in [-0.15, -0.1) is 24.0 Å². The zero-order chi connectivity index (χ0) is 16.5. The quantitative estimate of drug-likeness (QED) is 0.298. The molecule has 1 aliphatic rings. The molecule has 0 aliphatic heterocycles. The van der Waals surface area contributed by atoms with Crippen molar-refractivity contribution in [1.82, 2.24) is 10.2 Å². The fraction of sp³-hybridized carbons (Fsp3) is 0.611. The lowest BCUT2D eigenvalue weighted by molar-refractivity contribution is 0.0573. The van der Waals surface area contributed by atoms with E-state index in [0.29, 0.717) is 12.6 Å². The summed E-state index contributed by atoms with van der Waals surface area (Å²) in [4.78, 5) is 6.27. The Labute approximate surface area is 161 Å². The van der Waals surface area contributed by atoms with Crippen LogP contribution in [-0.4, -0.2) is 44.2 Å². The maximum absolute atomic E-state index is 13.2. The van der Waals surface area contributed by atoms with Crippen molar-refractivity contribution in [3.05, 3.63) is 35.6 Å². The zero-order valence-electron chi connectivity index (χ0n) is 14.6. The molecule has 0 atom stereocenters. The summed E-state index contributed by atoms with van der Waals surface area (Å²) >= 11 is 0. The predicted octanol–water partition coefficient (Wildman–Crippen LogP) is 3.80. The summed E-state index contributed by atoms with van der Waals surface area (Å²) in [5.41, 5.74) is 0.931. The molecule has 0 radical (unpaired) electrons. The van der Waals surface area contributed by atoms with Crippen LogP contribution in [0.15, 0.2) is 29.3 Å². The second-order valence-corrected chi connectivity index (χ2v) is 6.09. The van der Waals surface area contributed by atoms with Crippen molar-refractivity contribution in [2.75, 3.05) is 27.2 Å². The lowest BCUT2D eigenvalue weighted by atomic mass is 10.2. The molecule has 1 N–H and O–H groups in total. The molecule has 0 aromatic heterocycles. The third-order valence-electron chi connectivity index (χ3n) is 4.14. The van der Waals surface area contributed by atoms with E-state index in [4.69, 9.17) is 4.74 Å². The van der Waals surface area contributed by atoms with E-state index in [-0.39, 0.29) is 29.8 Å². The van der Waals surface area contributed by atoms with Crippen molar-refractivity contribution in [2.24, 2.45) is 4.99 Å². The van der Waals surface area contributed by atoms with Gasteiger partial charge in [0.25, 0.3) is 0 Å². The van der Waals surface area contributed by atoms with Crippen LogP contribution in [0.5, 0.6) is 0 Å². The molecule has 24 heavy (non-hydrogen) atoms. The molecule has 1 aromatic carbocycles. The first-order chi connectivity index (χ1) is 11.2. The summed E-state index contributed by atoms with van der Waals surface area (Å²) in [6.07, 6.45) is 6.48. The van der Waals surface area contributed by atoms with Crippen LogP contribution >= 0.6 is 24.0 Å². The Morgan fingerprint density at radius 2 is 2.12 bits per heavy atom. The van der Waals surface area contributed by atoms with E-state index in [1.54, 1.807) is 19.2 Å². The molecule has 0 heterocycles. The van der Waals surface area contributed by atoms with Gasteiger partial charge in [-0.3, -0.25) is 4.99 Å². The SMILES string of the molecule is CN=C(NCCCOC1CCCC1)N(C)Cc1cccc(F)c1.I. The number of nitrogens with zero attached hydrogens (tertiary/aromatic N) is 2. The Kier molecular flexibility index (Phi) is 10.2. The Bertz CT molecular complexity index is 507. The Morgan fingerprint density at radius 3 is 2.79 bits per heavy atom. The summed E-state index contributed by atoms with van der Waals surface area (Å²) in [5.74, 6) is 0.609. The van der Waals surface area contributed by atoms with Crippen LogP contribution in [0.25, 0.3) is 0 Å². The Hall–Kier alpha value is -0.890. The van der Waals surface area contributed by atoms with E-state index >= 15 is 0 Å². The van der Waals surface area contributed by atoms with Gasteiger partial charge in [-0.1, -0.05) is 25.0 Å². The van der Waals surface area contributed by atoms with Crippen LogP contribution in [0.3, 0.4) is 0 Å². The summed E-state index contributed by atoms with van der Waals surface area (Å²) in [6, 6.07) is 6.66. The highest BCUT2D eigenvalue weighted by molar-refractivity contribution is 14.0. The molecular formula is C18H29FIN3O. The first kappa shape index (κ1) is 21.2. The van der Waals surface area contributed by atoms with Crippen molar-refractivity contribution < 1.29 is 9.13 Å². The van der Waals surface area contributed by atoms with Crippen LogP contribution in [0.2, 0.25) is 0 Å². The van der Waals surface area contributed by atoms with Crippen LogP contribution in [-0.2, 0) is 11.3 Å². The number of hydrogen-bond acceptors (Lipinski definition) is 2. The zero-order valence-corrected chi connectivity index (χ0v) is 17.0. The van der Waals surface area contributed by atoms with Gasteiger partial charge >= 0.3 is 0 Å². The molecule has 0 amide bonds. The molecule has 0 saturated heterocycles. The van der Waals surface area contributed by atoms with Crippen molar-refractivity contribution in [1.29, 1.82) is 0 Å². The molecule has 1 fully saturated rings. The standard InChI is InChI=1S/C18H28FN3O.HI/c1-20-18(21-11-6-12-23-17-9-3-4-10-17)22(2)14-15-7-5-8-16(19)13-15;/h5,7-8,13,17H,3-4,6,9-12,14H2,1-2H3,(H,20,21);1H. The lowest BCUT2D eigenvalue weighted by Crippen LogP contribution is -2.39. The van der Waals surface area contributed by atoms with E-state index in [0.717, 1.165) is 31.1 Å². The summed E-state index contributed by atoms with van der Waals surface area (Å²) in [7, 11) is 3.72. The van der Waals surface area contributed by atoms with Gasteiger partial charge in [0.2, 0.25) is 0 Å². The summed E-state index contributed by atoms with van der Waals surface area (Å²) in [5, 5.41) is 3.33. The van der Waals surface area contributed by atoms with E-state index in [1.165, 1.54) is 31.7 Å². The lowest BCUT2D eigenvalue weighted by Gasteiger charge is -2.22. The molecule has 0 unspecified atom stereocenters. The number of aliphatic imine (C=N–C) groups is 1. The highest BCUT2D eigenvalue weighted by Crippen LogP contribution is 2.20. The van der Waals surface area contributed by atoms with E-state index in [9.17, 15) is 4.39 Å². The minimum absolute atomic E-state index is 0. The average Bonchev–Trinajstić information content (AvgIpc) is 3.04. The van der Waals surface area contributed by atoms with Crippen LogP contribution < -0.4 is 5.32 Å². The summed E-state index contributed by atoms with van der Waals surface area (Å²) < 4.78 is 19.1. The minimum Gasteiger partial charge on any atom is -0.378 e. The van der Waals surface area contributed by atoms with Gasteiger partial charge in [-0.25, -0.2) is 4.39 Å². The molecule has 2 rings (SSSR count). The number of hydrogen-bond donors (Lipinski definition) is 1. The van der Waals surface area contributed by atoms with Gasteiger partial charge in [0.05, 0.1) is 6.10 Å². The van der Waals surface area contributed by atoms with E-state index in [2.05, 4.69) is 10.3 Å². The number of halogens is 2. The molecule has 136 valence electrons. The molecule has 1 aliphatic carbocycles. The van der Waals surface area contributed by atoms with Gasteiger partial charge in [-0.2, -0.15) is 0 Å². The highest BCUT2D eigenvalue weighted by Gasteiger charge is 2.14. The number of benzene rings is 1. The van der Waals surface area contributed by atoms with Crippen molar-refractivity contribution in [3.63, 3.8) is 0 Å². The first-order valence-corrected chi connectivity index (χ1v) is 8.47. The average molecular weight is 449 g/mol. The van der Waals surface area contributed by atoms with E-state index in [1.807, 2.05) is 18.0 Å². The largest absolute Gasteiger partial charge is 0.378 e. The second kappa shape index (κ2) is 11.6. The molecule has 6 heteroatoms. The number of ether oxygens (including phenoxy) is 1. The van der Waals surface area contributed by atoms with Gasteiger partial charge < -0.3 is 15.0 Å². The first-order valence-electron chi connectivity index (χ1n) is 8.47. The van der Waals surface area contributed by atoms with Crippen LogP contribution in [0.1, 0.15) is 37.7 Å². The molecule has 0 bridgehead atoms. The summed E-state index contributed by atoms with van der Waals surface area (Å²) in [6.45, 7) is 2.24. The Balaban J connectivity index is 0.00000288. The van der Waals surface area contributed by atoms with Gasteiger partial charge in [0, 0.05) is 33.8 Å². The van der Waals surface area contributed by atoms with Crippen LogP contribution in [0.4, 0.5) is 4.39 Å².